The smallest absolute Gasteiger partial charge is 0.273 e. The molecule has 3 amide bonds. The van der Waals surface area contributed by atoms with E-state index in [4.69, 9.17) is 23.2 Å². The number of imide groups is 1. The van der Waals surface area contributed by atoms with Gasteiger partial charge in [-0.25, -0.2) is 5.01 Å². The maximum Gasteiger partial charge on any atom is 0.273 e. The Morgan fingerprint density at radius 2 is 1.58 bits per heavy atom. The van der Waals surface area contributed by atoms with Crippen LogP contribution in [0.3, 0.4) is 0 Å². The summed E-state index contributed by atoms with van der Waals surface area (Å²) < 4.78 is 0. The van der Waals surface area contributed by atoms with E-state index in [1.807, 2.05) is 0 Å². The minimum Gasteiger partial charge on any atom is -0.273 e. The highest BCUT2D eigenvalue weighted by Gasteiger charge is 2.35. The van der Waals surface area contributed by atoms with Crippen LogP contribution in [0.15, 0.2) is 48.5 Å². The van der Waals surface area contributed by atoms with Crippen molar-refractivity contribution in [1.29, 1.82) is 0 Å². The Labute approximate surface area is 161 Å². The van der Waals surface area contributed by atoms with Gasteiger partial charge in [-0.05, 0) is 42.3 Å². The van der Waals surface area contributed by atoms with Crippen molar-refractivity contribution < 1.29 is 14.4 Å². The molecule has 0 aromatic heterocycles. The summed E-state index contributed by atoms with van der Waals surface area (Å²) in [5, 5.41) is 3.06. The lowest BCUT2D eigenvalue weighted by atomic mass is 10.1. The van der Waals surface area contributed by atoms with Crippen molar-refractivity contribution in [3.05, 3.63) is 69.7 Å². The fourth-order valence-electron chi connectivity index (χ4n) is 2.77. The third kappa shape index (κ3) is 3.89. The number of carbonyl (C=O) groups is 3. The number of rotatable bonds is 4. The third-order valence-corrected chi connectivity index (χ3v) is 4.72. The molecule has 1 heterocycles. The van der Waals surface area contributed by atoms with Gasteiger partial charge in [-0.15, -0.1) is 0 Å². The van der Waals surface area contributed by atoms with Gasteiger partial charge in [0.05, 0.1) is 6.54 Å². The van der Waals surface area contributed by atoms with E-state index >= 15 is 0 Å². The van der Waals surface area contributed by atoms with Crippen molar-refractivity contribution in [2.45, 2.75) is 25.8 Å². The molecule has 0 aliphatic carbocycles. The molecule has 0 radical (unpaired) electrons. The van der Waals surface area contributed by atoms with Gasteiger partial charge >= 0.3 is 0 Å². The average Bonchev–Trinajstić information content (AvgIpc) is 2.62. The first-order valence-corrected chi connectivity index (χ1v) is 8.89. The number of hydrogen-bond acceptors (Lipinski definition) is 3. The van der Waals surface area contributed by atoms with Crippen LogP contribution in [0, 0.1) is 0 Å². The number of benzene rings is 2. The molecule has 0 saturated carbocycles. The number of nitrogens with zero attached hydrogens (tertiary/aromatic N) is 2. The second-order valence-electron chi connectivity index (χ2n) is 5.91. The lowest BCUT2D eigenvalue weighted by molar-refractivity contribution is -0.164. The van der Waals surface area contributed by atoms with Crippen molar-refractivity contribution in [1.82, 2.24) is 10.0 Å². The number of halogens is 2. The van der Waals surface area contributed by atoms with Gasteiger partial charge in [-0.2, -0.15) is 5.01 Å². The minimum absolute atomic E-state index is 0.0125. The Bertz CT molecular complexity index is 836. The molecule has 1 fully saturated rings. The summed E-state index contributed by atoms with van der Waals surface area (Å²) in [6, 6.07) is 13.3. The largest absolute Gasteiger partial charge is 0.273 e. The van der Waals surface area contributed by atoms with Crippen molar-refractivity contribution in [2.24, 2.45) is 0 Å². The van der Waals surface area contributed by atoms with Crippen molar-refractivity contribution in [3.63, 3.8) is 0 Å². The maximum absolute atomic E-state index is 13.1. The third-order valence-electron chi connectivity index (χ3n) is 4.10. The molecule has 7 heteroatoms. The molecular formula is C19H16Cl2N2O3. The molecule has 5 nitrogen and oxygen atoms in total. The van der Waals surface area contributed by atoms with Crippen LogP contribution in [-0.4, -0.2) is 27.7 Å². The molecule has 3 rings (SSSR count). The monoisotopic (exact) mass is 390 g/mol. The van der Waals surface area contributed by atoms with Gasteiger partial charge in [0.2, 0.25) is 11.8 Å². The first-order valence-electron chi connectivity index (χ1n) is 8.14. The minimum atomic E-state index is -0.467. The normalized spacial score (nSPS) is 14.5. The highest BCUT2D eigenvalue weighted by molar-refractivity contribution is 6.31. The molecular weight excluding hydrogens is 375 g/mol. The van der Waals surface area contributed by atoms with E-state index in [1.165, 1.54) is 0 Å². The van der Waals surface area contributed by atoms with Gasteiger partial charge < -0.3 is 0 Å². The molecule has 2 aromatic carbocycles. The van der Waals surface area contributed by atoms with Crippen LogP contribution in [0.25, 0.3) is 0 Å². The number of hydrazine groups is 1. The van der Waals surface area contributed by atoms with Crippen LogP contribution in [-0.2, 0) is 16.1 Å². The summed E-state index contributed by atoms with van der Waals surface area (Å²) in [4.78, 5) is 37.8. The molecule has 1 aliphatic heterocycles. The highest BCUT2D eigenvalue weighted by atomic mass is 35.5. The zero-order chi connectivity index (χ0) is 18.7. The fourth-order valence-corrected chi connectivity index (χ4v) is 3.10. The second kappa shape index (κ2) is 7.89. The molecule has 2 aromatic rings. The lowest BCUT2D eigenvalue weighted by Gasteiger charge is -2.35. The SMILES string of the molecule is O=C(c1ccc(Cl)cc1)N(Cc1ccccc1Cl)N1C(=O)CCCC1=O. The molecule has 0 spiro atoms. The van der Waals surface area contributed by atoms with Crippen LogP contribution in [0.4, 0.5) is 0 Å². The Hall–Kier alpha value is -2.37. The van der Waals surface area contributed by atoms with E-state index in [0.717, 1.165) is 10.0 Å². The van der Waals surface area contributed by atoms with Crippen molar-refractivity contribution >= 4 is 40.9 Å². The Morgan fingerprint density at radius 3 is 2.19 bits per heavy atom. The topological polar surface area (TPSA) is 57.7 Å². The lowest BCUT2D eigenvalue weighted by Crippen LogP contribution is -2.54. The molecule has 1 saturated heterocycles. The van der Waals surface area contributed by atoms with Crippen LogP contribution in [0.1, 0.15) is 35.2 Å². The summed E-state index contributed by atoms with van der Waals surface area (Å²) in [7, 11) is 0. The van der Waals surface area contributed by atoms with Gasteiger partial charge in [0.25, 0.3) is 5.91 Å². The molecule has 0 N–H and O–H groups in total. The molecule has 0 unspecified atom stereocenters. The van der Waals surface area contributed by atoms with Gasteiger partial charge in [-0.3, -0.25) is 14.4 Å². The first kappa shape index (κ1) is 18.4. The van der Waals surface area contributed by atoms with Crippen LogP contribution >= 0.6 is 23.2 Å². The average molecular weight is 391 g/mol. The summed E-state index contributed by atoms with van der Waals surface area (Å²) in [5.41, 5.74) is 0.968. The molecule has 0 atom stereocenters. The van der Waals surface area contributed by atoms with Crippen LogP contribution in [0.5, 0.6) is 0 Å². The quantitative estimate of drug-likeness (QED) is 0.738. The standard InChI is InChI=1S/C19H16Cl2N2O3/c20-15-10-8-13(9-11-15)19(26)22(12-14-4-1-2-5-16(14)21)23-17(24)6-3-7-18(23)25/h1-2,4-5,8-11H,3,6-7,12H2. The fraction of sp³-hybridized carbons (Fsp3) is 0.211. The highest BCUT2D eigenvalue weighted by Crippen LogP contribution is 2.23. The Morgan fingerprint density at radius 1 is 0.962 bits per heavy atom. The molecule has 134 valence electrons. The number of piperidine rings is 1. The maximum atomic E-state index is 13.1. The Kier molecular flexibility index (Phi) is 5.59. The molecule has 0 bridgehead atoms. The van der Waals surface area contributed by atoms with Crippen LogP contribution < -0.4 is 0 Å². The van der Waals surface area contributed by atoms with Crippen molar-refractivity contribution in [3.8, 4) is 0 Å². The predicted molar refractivity (Wildman–Crippen MR) is 98.5 cm³/mol. The predicted octanol–water partition coefficient (Wildman–Crippen LogP) is 4.09. The van der Waals surface area contributed by atoms with Gasteiger partial charge in [0.15, 0.2) is 0 Å². The van der Waals surface area contributed by atoms with Crippen molar-refractivity contribution in [2.75, 3.05) is 0 Å². The van der Waals surface area contributed by atoms with E-state index in [-0.39, 0.29) is 19.4 Å². The summed E-state index contributed by atoms with van der Waals surface area (Å²) >= 11 is 12.1. The van der Waals surface area contributed by atoms with Gasteiger partial charge in [0.1, 0.15) is 0 Å². The van der Waals surface area contributed by atoms with E-state index in [9.17, 15) is 14.4 Å². The van der Waals surface area contributed by atoms with E-state index in [0.29, 0.717) is 27.6 Å². The molecule has 26 heavy (non-hydrogen) atoms. The van der Waals surface area contributed by atoms with E-state index < -0.39 is 17.7 Å². The summed E-state index contributed by atoms with van der Waals surface area (Å²) in [6.07, 6.45) is 0.931. The number of carbonyl (C=O) groups excluding carboxylic acids is 3. The summed E-state index contributed by atoms with van der Waals surface area (Å²) in [6.45, 7) is 0.0125. The zero-order valence-electron chi connectivity index (χ0n) is 13.8. The van der Waals surface area contributed by atoms with E-state index in [1.54, 1.807) is 48.5 Å². The Balaban J connectivity index is 1.99. The summed E-state index contributed by atoms with van der Waals surface area (Å²) in [5.74, 6) is -1.25. The number of amides is 3. The molecule has 1 aliphatic rings. The van der Waals surface area contributed by atoms with Gasteiger partial charge in [-0.1, -0.05) is 41.4 Å². The van der Waals surface area contributed by atoms with Crippen LogP contribution in [0.2, 0.25) is 10.0 Å². The van der Waals surface area contributed by atoms with Gasteiger partial charge in [0, 0.05) is 28.5 Å². The number of hydrogen-bond donors (Lipinski definition) is 0. The second-order valence-corrected chi connectivity index (χ2v) is 6.76. The van der Waals surface area contributed by atoms with E-state index in [2.05, 4.69) is 0 Å². The zero-order valence-corrected chi connectivity index (χ0v) is 15.3. The first-order chi connectivity index (χ1) is 12.5.